The van der Waals surface area contributed by atoms with E-state index in [-0.39, 0.29) is 33.5 Å². The Kier molecular flexibility index (Phi) is 11.6. The van der Waals surface area contributed by atoms with Crippen LogP contribution in [-0.2, 0) is 34.5 Å². The Balaban J connectivity index is 1.42. The fourth-order valence-electron chi connectivity index (χ4n) is 5.27. The predicted octanol–water partition coefficient (Wildman–Crippen LogP) is 0.338. The molecule has 10 atom stereocenters. The molecule has 49 heavy (non-hydrogen) atoms. The molecule has 4 rings (SSSR count). The van der Waals surface area contributed by atoms with E-state index < -0.39 is 86.6 Å². The Morgan fingerprint density at radius 1 is 0.592 bits per heavy atom. The van der Waals surface area contributed by atoms with Gasteiger partial charge in [-0.25, -0.2) is 9.59 Å². The Labute approximate surface area is 283 Å². The number of aliphatic hydroxyl groups is 6. The fourth-order valence-corrected chi connectivity index (χ4v) is 5.27. The zero-order valence-electron chi connectivity index (χ0n) is 28.1. The number of carbonyl (C=O) groups is 2. The van der Waals surface area contributed by atoms with E-state index in [0.29, 0.717) is 0 Å². The first kappa shape index (κ1) is 38.4. The van der Waals surface area contributed by atoms with Crippen molar-refractivity contribution in [3.63, 3.8) is 0 Å². The molecule has 2 saturated heterocycles. The maximum Gasteiger partial charge on any atom is 0.342 e. The highest BCUT2D eigenvalue weighted by Crippen LogP contribution is 2.32. The average Bonchev–Trinajstić information content (AvgIpc) is 3.02. The minimum absolute atomic E-state index is 0.152. The van der Waals surface area contributed by atoms with Crippen LogP contribution in [0.1, 0.15) is 73.4 Å². The third-order valence-electron chi connectivity index (χ3n) is 8.53. The van der Waals surface area contributed by atoms with Gasteiger partial charge in [-0.1, -0.05) is 53.7 Å². The first-order valence-electron chi connectivity index (χ1n) is 15.8. The smallest absolute Gasteiger partial charge is 0.342 e. The Morgan fingerprint density at radius 2 is 0.939 bits per heavy atom. The highest BCUT2D eigenvalue weighted by atomic mass is 16.8. The van der Waals surface area contributed by atoms with Gasteiger partial charge in [-0.15, -0.1) is 0 Å². The van der Waals surface area contributed by atoms with E-state index in [2.05, 4.69) is 0 Å². The topological polar surface area (TPSA) is 242 Å². The number of aromatic hydroxyl groups is 2. The lowest BCUT2D eigenvalue weighted by molar-refractivity contribution is -0.376. The van der Waals surface area contributed by atoms with Crippen molar-refractivity contribution in [2.45, 2.75) is 114 Å². The number of rotatable bonds is 8. The highest BCUT2D eigenvalue weighted by Gasteiger charge is 2.50. The van der Waals surface area contributed by atoms with Crippen molar-refractivity contribution in [2.24, 2.45) is 0 Å². The van der Waals surface area contributed by atoms with Gasteiger partial charge in [0, 0.05) is 0 Å². The lowest BCUT2D eigenvalue weighted by Gasteiger charge is -2.44. The normalized spacial score (nSPS) is 30.9. The zero-order chi connectivity index (χ0) is 36.6. The second kappa shape index (κ2) is 14.8. The Morgan fingerprint density at radius 3 is 1.27 bits per heavy atom. The van der Waals surface area contributed by atoms with Crippen molar-refractivity contribution in [1.82, 2.24) is 0 Å². The van der Waals surface area contributed by atoms with Crippen LogP contribution in [0, 0.1) is 0 Å². The van der Waals surface area contributed by atoms with Crippen LogP contribution in [0.15, 0.2) is 36.4 Å². The number of ether oxygens (including phenoxy) is 5. The minimum Gasteiger partial charge on any atom is -0.507 e. The van der Waals surface area contributed by atoms with Gasteiger partial charge in [-0.3, -0.25) is 0 Å². The van der Waals surface area contributed by atoms with Gasteiger partial charge >= 0.3 is 11.9 Å². The number of esters is 2. The monoisotopic (exact) mass is 694 g/mol. The van der Waals surface area contributed by atoms with Gasteiger partial charge in [0.2, 0.25) is 0 Å². The van der Waals surface area contributed by atoms with Crippen molar-refractivity contribution >= 4 is 11.9 Å². The molecule has 0 amide bonds. The van der Waals surface area contributed by atoms with Crippen LogP contribution in [0.4, 0.5) is 0 Å². The van der Waals surface area contributed by atoms with Crippen molar-refractivity contribution in [1.29, 1.82) is 0 Å². The maximum absolute atomic E-state index is 12.8. The largest absolute Gasteiger partial charge is 0.507 e. The summed E-state index contributed by atoms with van der Waals surface area (Å²) in [4.78, 5) is 25.7. The first-order valence-corrected chi connectivity index (χ1v) is 15.8. The van der Waals surface area contributed by atoms with Crippen molar-refractivity contribution in [3.8, 4) is 11.5 Å². The van der Waals surface area contributed by atoms with Gasteiger partial charge in [-0.2, -0.15) is 0 Å². The molecule has 0 aliphatic carbocycles. The van der Waals surface area contributed by atoms with Crippen LogP contribution in [0.25, 0.3) is 0 Å². The predicted molar refractivity (Wildman–Crippen MR) is 169 cm³/mol. The molecule has 15 heteroatoms. The average molecular weight is 695 g/mol. The third-order valence-corrected chi connectivity index (χ3v) is 8.53. The lowest BCUT2D eigenvalue weighted by atomic mass is 9.86. The standard InChI is InChI=1S/C34H46O15/c1-33(2,3)15-7-9-19(35)17(11-15)29(43)45-13-21-23(37)25(39)27(41)31(47-21)49-32-28(42)26(40)24(38)22(48-32)14-46-30(44)18-12-16(34(4,5)6)8-10-20(18)36/h7-12,21-28,31-32,35-42H,13-14H2,1-6H3/t21-,22-,23-,24-,25+,26+,27-,28-,31-,32-/m1/s1. The molecule has 0 radical (unpaired) electrons. The molecular formula is C34H46O15. The summed E-state index contributed by atoms with van der Waals surface area (Å²) in [5, 5.41) is 83.8. The second-order valence-corrected chi connectivity index (χ2v) is 14.3. The second-order valence-electron chi connectivity index (χ2n) is 14.3. The molecule has 0 spiro atoms. The third kappa shape index (κ3) is 8.68. The molecule has 2 aliphatic rings. The molecule has 0 aromatic heterocycles. The fraction of sp³-hybridized carbons (Fsp3) is 0.588. The van der Waals surface area contributed by atoms with Crippen LogP contribution < -0.4 is 0 Å². The van der Waals surface area contributed by atoms with Crippen molar-refractivity contribution < 1.29 is 74.1 Å². The SMILES string of the molecule is CC(C)(C)c1ccc(O)c(C(=O)OC[C@H]2O[C@H](O[C@H]3O[C@H](COC(=O)c4cc(C(C)(C)C)ccc4O)[C@@H](O)[C@H](O)[C@H]3O)[C@H](O)[C@@H](O)[C@@H]2O)c1. The van der Waals surface area contributed by atoms with Crippen LogP contribution in [0.2, 0.25) is 0 Å². The van der Waals surface area contributed by atoms with Gasteiger partial charge in [0.15, 0.2) is 12.6 Å². The van der Waals surface area contributed by atoms with Crippen LogP contribution >= 0.6 is 0 Å². The van der Waals surface area contributed by atoms with E-state index in [1.165, 1.54) is 24.3 Å². The summed E-state index contributed by atoms with van der Waals surface area (Å²) in [5.41, 5.74) is 0.457. The summed E-state index contributed by atoms with van der Waals surface area (Å²) in [7, 11) is 0. The molecule has 0 unspecified atom stereocenters. The summed E-state index contributed by atoms with van der Waals surface area (Å²) in [6.07, 6.45) is -17.8. The van der Waals surface area contributed by atoms with E-state index in [0.717, 1.165) is 11.1 Å². The van der Waals surface area contributed by atoms with Gasteiger partial charge < -0.3 is 64.5 Å². The number of benzene rings is 2. The number of phenolic OH excluding ortho intramolecular Hbond substituents is 2. The molecule has 0 bridgehead atoms. The molecular weight excluding hydrogens is 648 g/mol. The molecule has 2 heterocycles. The molecule has 2 fully saturated rings. The van der Waals surface area contributed by atoms with Crippen LogP contribution in [0.3, 0.4) is 0 Å². The van der Waals surface area contributed by atoms with Gasteiger partial charge in [0.25, 0.3) is 0 Å². The van der Waals surface area contributed by atoms with Crippen LogP contribution in [0.5, 0.6) is 11.5 Å². The van der Waals surface area contributed by atoms with E-state index in [4.69, 9.17) is 23.7 Å². The molecule has 2 aromatic rings. The summed E-state index contributed by atoms with van der Waals surface area (Å²) >= 11 is 0. The number of hydrogen-bond donors (Lipinski definition) is 8. The summed E-state index contributed by atoms with van der Waals surface area (Å²) < 4.78 is 27.2. The van der Waals surface area contributed by atoms with Gasteiger partial charge in [0.1, 0.15) is 84.7 Å². The van der Waals surface area contributed by atoms with Gasteiger partial charge in [0.05, 0.1) is 0 Å². The number of aliphatic hydroxyl groups excluding tert-OH is 6. The van der Waals surface area contributed by atoms with Crippen LogP contribution in [-0.4, -0.2) is 127 Å². The quantitative estimate of drug-likeness (QED) is 0.174. The molecule has 15 nitrogen and oxygen atoms in total. The van der Waals surface area contributed by atoms with Crippen molar-refractivity contribution in [2.75, 3.05) is 13.2 Å². The molecule has 8 N–H and O–H groups in total. The van der Waals surface area contributed by atoms with E-state index in [1.807, 2.05) is 41.5 Å². The lowest BCUT2D eigenvalue weighted by Crippen LogP contribution is -2.64. The first-order chi connectivity index (χ1) is 22.7. The van der Waals surface area contributed by atoms with E-state index >= 15 is 0 Å². The highest BCUT2D eigenvalue weighted by molar-refractivity contribution is 5.93. The zero-order valence-corrected chi connectivity index (χ0v) is 28.1. The van der Waals surface area contributed by atoms with E-state index in [1.54, 1.807) is 12.1 Å². The molecule has 0 saturated carbocycles. The summed E-state index contributed by atoms with van der Waals surface area (Å²) in [5.74, 6) is -2.62. The molecule has 2 aromatic carbocycles. The summed E-state index contributed by atoms with van der Waals surface area (Å²) in [6, 6.07) is 8.92. The number of hydrogen-bond acceptors (Lipinski definition) is 15. The molecule has 2 aliphatic heterocycles. The van der Waals surface area contributed by atoms with Crippen molar-refractivity contribution in [3.05, 3.63) is 58.7 Å². The minimum atomic E-state index is -1.93. The Hall–Kier alpha value is -3.38. The molecule has 272 valence electrons. The number of phenols is 2. The summed E-state index contributed by atoms with van der Waals surface area (Å²) in [6.45, 7) is 10.1. The van der Waals surface area contributed by atoms with Gasteiger partial charge in [-0.05, 0) is 46.2 Å². The number of carbonyl (C=O) groups excluding carboxylic acids is 2. The Bertz CT molecular complexity index is 1370. The van der Waals surface area contributed by atoms with E-state index in [9.17, 15) is 50.4 Å². The maximum atomic E-state index is 12.8.